The van der Waals surface area contributed by atoms with Crippen LogP contribution in [0.1, 0.15) is 5.56 Å². The third-order valence-electron chi connectivity index (χ3n) is 1.80. The first kappa shape index (κ1) is 8.96. The van der Waals surface area contributed by atoms with Crippen LogP contribution in [-0.2, 0) is 11.3 Å². The number of aromatic nitrogens is 1. The number of fused-ring (bicyclic) bond motifs is 1. The van der Waals surface area contributed by atoms with Crippen LogP contribution in [0.3, 0.4) is 0 Å². The Morgan fingerprint density at radius 2 is 2.43 bits per heavy atom. The van der Waals surface area contributed by atoms with Crippen molar-refractivity contribution in [2.75, 3.05) is 0 Å². The minimum Gasteiger partial charge on any atom is -0.445 e. The Hall–Kier alpha value is -1.62. The zero-order valence-electron chi connectivity index (χ0n) is 7.27. The average Bonchev–Trinajstić information content (AvgIpc) is 2.61. The predicted molar refractivity (Wildman–Crippen MR) is 54.0 cm³/mol. The van der Waals surface area contributed by atoms with Gasteiger partial charge in [0.15, 0.2) is 0 Å². The summed E-state index contributed by atoms with van der Waals surface area (Å²) in [7, 11) is 0. The molecule has 0 atom stereocenters. The molecular weight excluding hydrogens is 200 g/mol. The maximum Gasteiger partial charge on any atom is 0.404 e. The van der Waals surface area contributed by atoms with Gasteiger partial charge in [0, 0.05) is 11.6 Å². The fourth-order valence-electron chi connectivity index (χ4n) is 1.17. The van der Waals surface area contributed by atoms with Crippen LogP contribution < -0.4 is 5.73 Å². The van der Waals surface area contributed by atoms with Gasteiger partial charge in [-0.25, -0.2) is 4.79 Å². The lowest BCUT2D eigenvalue weighted by Crippen LogP contribution is -2.12. The van der Waals surface area contributed by atoms with Crippen LogP contribution in [0.4, 0.5) is 4.79 Å². The summed E-state index contributed by atoms with van der Waals surface area (Å²) < 4.78 is 9.84. The van der Waals surface area contributed by atoms with E-state index in [2.05, 4.69) is 9.11 Å². The Kier molecular flexibility index (Phi) is 2.32. The molecule has 2 rings (SSSR count). The largest absolute Gasteiger partial charge is 0.445 e. The molecule has 0 fully saturated rings. The topological polar surface area (TPSA) is 65.2 Å². The summed E-state index contributed by atoms with van der Waals surface area (Å²) >= 11 is 1.44. The number of rotatable bonds is 2. The highest BCUT2D eigenvalue weighted by atomic mass is 32.1. The second-order valence-corrected chi connectivity index (χ2v) is 3.64. The molecule has 0 aliphatic heterocycles. The summed E-state index contributed by atoms with van der Waals surface area (Å²) in [5.41, 5.74) is 5.77. The van der Waals surface area contributed by atoms with E-state index < -0.39 is 6.09 Å². The molecule has 1 aromatic carbocycles. The van der Waals surface area contributed by atoms with Gasteiger partial charge < -0.3 is 10.5 Å². The lowest BCUT2D eigenvalue weighted by molar-refractivity contribution is 0.150. The molecule has 0 aliphatic rings. The lowest BCUT2D eigenvalue weighted by atomic mass is 10.2. The molecule has 0 bridgehead atoms. The van der Waals surface area contributed by atoms with Crippen molar-refractivity contribution in [2.24, 2.45) is 5.73 Å². The van der Waals surface area contributed by atoms with Crippen LogP contribution in [0, 0.1) is 0 Å². The van der Waals surface area contributed by atoms with Crippen molar-refractivity contribution in [3.05, 3.63) is 30.0 Å². The molecular formula is C9H8N2O2S. The quantitative estimate of drug-likeness (QED) is 0.819. The first-order valence-corrected chi connectivity index (χ1v) is 4.78. The van der Waals surface area contributed by atoms with Gasteiger partial charge in [-0.15, -0.1) is 0 Å². The number of ether oxygens (including phenoxy) is 1. The SMILES string of the molecule is NC(=O)OCc1ccc2sncc2c1. The van der Waals surface area contributed by atoms with Gasteiger partial charge in [-0.2, -0.15) is 4.37 Å². The van der Waals surface area contributed by atoms with Crippen molar-refractivity contribution in [3.8, 4) is 0 Å². The zero-order valence-corrected chi connectivity index (χ0v) is 8.08. The van der Waals surface area contributed by atoms with Gasteiger partial charge in [-0.1, -0.05) is 6.07 Å². The summed E-state index contributed by atoms with van der Waals surface area (Å²) in [6.45, 7) is 0.209. The van der Waals surface area contributed by atoms with E-state index >= 15 is 0 Å². The van der Waals surface area contributed by atoms with E-state index in [4.69, 9.17) is 5.73 Å². The second-order valence-electron chi connectivity index (χ2n) is 2.81. The van der Waals surface area contributed by atoms with Gasteiger partial charge in [-0.05, 0) is 29.2 Å². The molecule has 0 radical (unpaired) electrons. The molecule has 0 saturated heterocycles. The van der Waals surface area contributed by atoms with Crippen molar-refractivity contribution in [2.45, 2.75) is 6.61 Å². The van der Waals surface area contributed by atoms with Gasteiger partial charge in [0.25, 0.3) is 0 Å². The fourth-order valence-corrected chi connectivity index (χ4v) is 1.79. The van der Waals surface area contributed by atoms with Crippen LogP contribution in [-0.4, -0.2) is 10.5 Å². The van der Waals surface area contributed by atoms with Gasteiger partial charge in [-0.3, -0.25) is 0 Å². The molecule has 72 valence electrons. The van der Waals surface area contributed by atoms with E-state index in [1.54, 1.807) is 6.20 Å². The maximum absolute atomic E-state index is 10.4. The van der Waals surface area contributed by atoms with Gasteiger partial charge in [0.05, 0.1) is 4.70 Å². The summed E-state index contributed by atoms with van der Waals surface area (Å²) in [5.74, 6) is 0. The van der Waals surface area contributed by atoms with Crippen LogP contribution in [0.5, 0.6) is 0 Å². The number of amides is 1. The Morgan fingerprint density at radius 1 is 1.57 bits per heavy atom. The molecule has 2 N–H and O–H groups in total. The Bertz CT molecular complexity index is 467. The van der Waals surface area contributed by atoms with Crippen molar-refractivity contribution >= 4 is 27.7 Å². The molecule has 14 heavy (non-hydrogen) atoms. The number of nitrogens with zero attached hydrogens (tertiary/aromatic N) is 1. The minimum absolute atomic E-state index is 0.209. The minimum atomic E-state index is -0.756. The molecule has 4 nitrogen and oxygen atoms in total. The lowest BCUT2D eigenvalue weighted by Gasteiger charge is -2.00. The molecule has 5 heteroatoms. The number of carbonyl (C=O) groups excluding carboxylic acids is 1. The first-order valence-electron chi connectivity index (χ1n) is 4.01. The maximum atomic E-state index is 10.4. The first-order chi connectivity index (χ1) is 6.75. The third kappa shape index (κ3) is 1.82. The van der Waals surface area contributed by atoms with Crippen molar-refractivity contribution < 1.29 is 9.53 Å². The number of hydrogen-bond donors (Lipinski definition) is 1. The summed E-state index contributed by atoms with van der Waals surface area (Å²) in [4.78, 5) is 10.4. The predicted octanol–water partition coefficient (Wildman–Crippen LogP) is 1.89. The number of primary amides is 1. The summed E-state index contributed by atoms with van der Waals surface area (Å²) in [6.07, 6.45) is 1.03. The molecule has 1 heterocycles. The van der Waals surface area contributed by atoms with E-state index in [1.165, 1.54) is 11.5 Å². The Morgan fingerprint density at radius 3 is 3.21 bits per heavy atom. The Labute approximate surface area is 84.5 Å². The third-order valence-corrected chi connectivity index (χ3v) is 2.58. The highest BCUT2D eigenvalue weighted by Gasteiger charge is 2.00. The smallest absolute Gasteiger partial charge is 0.404 e. The number of hydrogen-bond acceptors (Lipinski definition) is 4. The molecule has 1 aromatic heterocycles. The van der Waals surface area contributed by atoms with Crippen molar-refractivity contribution in [1.29, 1.82) is 0 Å². The summed E-state index contributed by atoms with van der Waals surface area (Å²) in [6, 6.07) is 5.78. The van der Waals surface area contributed by atoms with E-state index in [0.717, 1.165) is 15.6 Å². The molecule has 2 aromatic rings. The fraction of sp³-hybridized carbons (Fsp3) is 0.111. The van der Waals surface area contributed by atoms with E-state index in [9.17, 15) is 4.79 Å². The molecule has 0 unspecified atom stereocenters. The standard InChI is InChI=1S/C9H8N2O2S/c10-9(12)13-5-6-1-2-8-7(3-6)4-11-14-8/h1-4H,5H2,(H2,10,12). The van der Waals surface area contributed by atoms with Gasteiger partial charge >= 0.3 is 6.09 Å². The van der Waals surface area contributed by atoms with Gasteiger partial charge in [0.2, 0.25) is 0 Å². The molecule has 0 spiro atoms. The van der Waals surface area contributed by atoms with E-state index in [-0.39, 0.29) is 6.61 Å². The highest BCUT2D eigenvalue weighted by molar-refractivity contribution is 7.13. The van der Waals surface area contributed by atoms with Crippen molar-refractivity contribution in [1.82, 2.24) is 4.37 Å². The second kappa shape index (κ2) is 3.63. The molecule has 0 aliphatic carbocycles. The number of benzene rings is 1. The average molecular weight is 208 g/mol. The van der Waals surface area contributed by atoms with Crippen molar-refractivity contribution in [3.63, 3.8) is 0 Å². The summed E-state index contributed by atoms with van der Waals surface area (Å²) in [5, 5.41) is 1.06. The van der Waals surface area contributed by atoms with E-state index in [0.29, 0.717) is 0 Å². The van der Waals surface area contributed by atoms with Gasteiger partial charge in [0.1, 0.15) is 6.61 Å². The van der Waals surface area contributed by atoms with Crippen LogP contribution >= 0.6 is 11.5 Å². The molecule has 0 saturated carbocycles. The number of nitrogens with two attached hydrogens (primary N) is 1. The monoisotopic (exact) mass is 208 g/mol. The Balaban J connectivity index is 2.21. The van der Waals surface area contributed by atoms with Crippen LogP contribution in [0.15, 0.2) is 24.4 Å². The normalized spacial score (nSPS) is 10.3. The molecule has 1 amide bonds. The number of carbonyl (C=O) groups is 1. The van der Waals surface area contributed by atoms with E-state index in [1.807, 2.05) is 18.2 Å². The van der Waals surface area contributed by atoms with Crippen LogP contribution in [0.25, 0.3) is 10.1 Å². The highest BCUT2D eigenvalue weighted by Crippen LogP contribution is 2.19. The zero-order chi connectivity index (χ0) is 9.97. The van der Waals surface area contributed by atoms with Crippen LogP contribution in [0.2, 0.25) is 0 Å².